The Morgan fingerprint density at radius 2 is 1.26 bits per heavy atom. The lowest BCUT2D eigenvalue weighted by Gasteiger charge is -2.12. The average Bonchev–Trinajstić information content (AvgIpc) is 2.91. The molecule has 3 N–H and O–H groups in total. The molecule has 19 heteroatoms. The number of halogens is 7. The quantitative estimate of drug-likeness (QED) is 0.118. The fourth-order valence-electron chi connectivity index (χ4n) is 2.67. The normalized spacial score (nSPS) is 10.9. The maximum atomic E-state index is 14.2. The Labute approximate surface area is 261 Å². The third-order valence-electron chi connectivity index (χ3n) is 4.51. The van der Waals surface area contributed by atoms with Crippen molar-refractivity contribution < 1.29 is 53.5 Å². The average molecular weight is 720 g/mol. The summed E-state index contributed by atoms with van der Waals surface area (Å²) < 4.78 is 105. The Bertz CT molecular complexity index is 1450. The van der Waals surface area contributed by atoms with E-state index in [-0.39, 0.29) is 53.1 Å². The molecule has 2 aromatic carbocycles. The van der Waals surface area contributed by atoms with E-state index in [1.54, 1.807) is 6.92 Å². The van der Waals surface area contributed by atoms with Crippen LogP contribution in [0.1, 0.15) is 47.4 Å². The minimum Gasteiger partial charge on any atom is -0.462 e. The van der Waals surface area contributed by atoms with E-state index >= 15 is 0 Å². The number of nitrogens with two attached hydrogens (primary N) is 1. The van der Waals surface area contributed by atoms with Crippen molar-refractivity contribution in [2.24, 2.45) is 0 Å². The first-order valence-corrected chi connectivity index (χ1v) is 16.9. The zero-order valence-corrected chi connectivity index (χ0v) is 26.7. The van der Waals surface area contributed by atoms with Gasteiger partial charge in [-0.25, -0.2) is 35.2 Å². The summed E-state index contributed by atoms with van der Waals surface area (Å²) in [6.45, 7) is 1.89. The topological polar surface area (TPSA) is 159 Å². The summed E-state index contributed by atoms with van der Waals surface area (Å²) in [7, 11) is -2.65. The number of carbonyl (C=O) groups is 2. The van der Waals surface area contributed by atoms with E-state index in [1.807, 2.05) is 4.72 Å². The number of rotatable bonds is 12. The van der Waals surface area contributed by atoms with Gasteiger partial charge in [0, 0.05) is 10.7 Å². The molecule has 0 aliphatic heterocycles. The van der Waals surface area contributed by atoms with Gasteiger partial charge in [-0.15, -0.1) is 0 Å². The van der Waals surface area contributed by atoms with Crippen LogP contribution in [0.25, 0.3) is 0 Å². The molecule has 0 aliphatic carbocycles. The third kappa shape index (κ3) is 15.2. The van der Waals surface area contributed by atoms with E-state index in [4.69, 9.17) is 39.6 Å². The Kier molecular flexibility index (Phi) is 18.5. The van der Waals surface area contributed by atoms with Crippen LogP contribution in [0.2, 0.25) is 10.0 Å². The Morgan fingerprint density at radius 1 is 0.814 bits per heavy atom. The predicted octanol–water partition coefficient (Wildman–Crippen LogP) is 5.91. The van der Waals surface area contributed by atoms with Crippen molar-refractivity contribution >= 4 is 76.3 Å². The highest BCUT2D eigenvalue weighted by Crippen LogP contribution is 2.27. The minimum atomic E-state index is -3.91. The molecule has 0 radical (unpaired) electrons. The Balaban J connectivity index is 0.000000688. The molecule has 10 nitrogen and oxygen atoms in total. The minimum absolute atomic E-state index is 0.00449. The van der Waals surface area contributed by atoms with Crippen molar-refractivity contribution in [1.82, 2.24) is 0 Å². The number of anilines is 2. The second-order valence-corrected chi connectivity index (χ2v) is 13.4. The van der Waals surface area contributed by atoms with Crippen LogP contribution in [-0.2, 0) is 28.5 Å². The molecule has 244 valence electrons. The first kappa shape index (κ1) is 40.5. The van der Waals surface area contributed by atoms with Gasteiger partial charge in [0.1, 0.15) is 11.1 Å². The highest BCUT2D eigenvalue weighted by atomic mass is 35.7. The van der Waals surface area contributed by atoms with Gasteiger partial charge in [0.15, 0.2) is 11.6 Å². The van der Waals surface area contributed by atoms with Gasteiger partial charge in [0.2, 0.25) is 19.1 Å². The van der Waals surface area contributed by atoms with Crippen molar-refractivity contribution in [3.8, 4) is 0 Å². The smallest absolute Gasteiger partial charge is 0.342 e. The van der Waals surface area contributed by atoms with Crippen LogP contribution in [0.5, 0.6) is 0 Å². The van der Waals surface area contributed by atoms with Crippen LogP contribution in [-0.4, -0.2) is 66.8 Å². The van der Waals surface area contributed by atoms with Crippen molar-refractivity contribution in [3.05, 3.63) is 57.1 Å². The first-order valence-electron chi connectivity index (χ1n) is 12.1. The molecular weight excluding hydrogens is 691 g/mol. The zero-order chi connectivity index (χ0) is 33.4. The summed E-state index contributed by atoms with van der Waals surface area (Å²) in [5.41, 5.74) is 3.85. The molecule has 2 rings (SSSR count). The number of hydrogen-bond acceptors (Lipinski definition) is 9. The van der Waals surface area contributed by atoms with Gasteiger partial charge in [-0.1, -0.05) is 23.2 Å². The molecule has 0 atom stereocenters. The van der Waals surface area contributed by atoms with E-state index in [2.05, 4.69) is 9.47 Å². The SMILES string of the molecule is CCOC(=O)c1c(Cl)ccc(N)c1F.CCOC(=O)c1c(Cl)ccc(NS(=O)(=O)CCCF)c1F.O=S(=O)(Cl)CCCF. The number of ether oxygens (including phenoxy) is 2. The van der Waals surface area contributed by atoms with Gasteiger partial charge in [-0.05, 0) is 51.0 Å². The highest BCUT2D eigenvalue weighted by molar-refractivity contribution is 8.13. The molecule has 0 bridgehead atoms. The summed E-state index contributed by atoms with van der Waals surface area (Å²) in [6, 6.07) is 4.89. The fraction of sp³-hybridized carbons (Fsp3) is 0.417. The molecule has 0 spiro atoms. The molecule has 0 saturated heterocycles. The second-order valence-electron chi connectivity index (χ2n) is 7.80. The van der Waals surface area contributed by atoms with Crippen LogP contribution in [0.3, 0.4) is 0 Å². The van der Waals surface area contributed by atoms with Crippen LogP contribution in [0.15, 0.2) is 24.3 Å². The molecule has 0 amide bonds. The van der Waals surface area contributed by atoms with Crippen molar-refractivity contribution in [1.29, 1.82) is 0 Å². The monoisotopic (exact) mass is 718 g/mol. The summed E-state index contributed by atoms with van der Waals surface area (Å²) in [5.74, 6) is -4.54. The third-order valence-corrected chi connectivity index (χ3v) is 7.73. The number of alkyl halides is 2. The predicted molar refractivity (Wildman–Crippen MR) is 157 cm³/mol. The van der Waals surface area contributed by atoms with Gasteiger partial charge in [-0.2, -0.15) is 0 Å². The van der Waals surface area contributed by atoms with Crippen LogP contribution in [0.4, 0.5) is 28.9 Å². The number of nitrogens with one attached hydrogen (secondary N) is 1. The molecular formula is C24H29Cl3F4N2O8S2. The molecule has 0 heterocycles. The van der Waals surface area contributed by atoms with E-state index in [9.17, 15) is 44.0 Å². The van der Waals surface area contributed by atoms with E-state index < -0.39 is 73.0 Å². The Morgan fingerprint density at radius 3 is 1.67 bits per heavy atom. The second kappa shape index (κ2) is 19.7. The maximum absolute atomic E-state index is 14.2. The highest BCUT2D eigenvalue weighted by Gasteiger charge is 2.23. The number of esters is 2. The van der Waals surface area contributed by atoms with Gasteiger partial charge in [0.05, 0.1) is 59.5 Å². The lowest BCUT2D eigenvalue weighted by atomic mass is 10.2. The largest absolute Gasteiger partial charge is 0.462 e. The van der Waals surface area contributed by atoms with E-state index in [0.29, 0.717) is 0 Å². The lowest BCUT2D eigenvalue weighted by molar-refractivity contribution is 0.0511. The number of hydrogen-bond donors (Lipinski definition) is 2. The molecule has 0 saturated carbocycles. The fourth-order valence-corrected chi connectivity index (χ4v) is 4.98. The standard InChI is InChI=1S/C12H14ClF2NO4S.C9H9ClFNO2.C3H6ClFO2S/c1-2-20-12(17)10-8(13)4-5-9(11(10)15)16-21(18,19)7-3-6-14;1-2-14-9(13)7-5(10)3-4-6(12)8(7)11;4-8(6,7)3-1-2-5/h4-5,16H,2-3,6-7H2,1H3;3-4H,2,12H2,1H3;1-3H2. The van der Waals surface area contributed by atoms with Crippen LogP contribution < -0.4 is 10.5 Å². The number of carbonyl (C=O) groups excluding carboxylic acids is 2. The van der Waals surface area contributed by atoms with E-state index in [0.717, 1.165) is 6.07 Å². The van der Waals surface area contributed by atoms with Gasteiger partial charge in [-0.3, -0.25) is 13.5 Å². The summed E-state index contributed by atoms with van der Waals surface area (Å²) in [4.78, 5) is 22.8. The van der Waals surface area contributed by atoms with Gasteiger partial charge in [0.25, 0.3) is 0 Å². The van der Waals surface area contributed by atoms with Gasteiger partial charge < -0.3 is 15.2 Å². The van der Waals surface area contributed by atoms with Crippen LogP contribution in [0, 0.1) is 11.6 Å². The van der Waals surface area contributed by atoms with Crippen LogP contribution >= 0.6 is 33.9 Å². The first-order chi connectivity index (χ1) is 20.0. The molecule has 0 aliphatic rings. The van der Waals surface area contributed by atoms with Crippen molar-refractivity contribution in [3.63, 3.8) is 0 Å². The van der Waals surface area contributed by atoms with Crippen molar-refractivity contribution in [2.45, 2.75) is 26.7 Å². The summed E-state index contributed by atoms with van der Waals surface area (Å²) >= 11 is 11.4. The Hall–Kier alpha value is -2.53. The van der Waals surface area contributed by atoms with Gasteiger partial charge >= 0.3 is 11.9 Å². The summed E-state index contributed by atoms with van der Waals surface area (Å²) in [6.07, 6.45) is -0.221. The van der Waals surface area contributed by atoms with E-state index in [1.165, 1.54) is 25.1 Å². The molecule has 43 heavy (non-hydrogen) atoms. The molecule has 0 aromatic heterocycles. The maximum Gasteiger partial charge on any atom is 0.342 e. The number of nitrogen functional groups attached to an aromatic ring is 1. The molecule has 0 fully saturated rings. The van der Waals surface area contributed by atoms with Crippen molar-refractivity contribution in [2.75, 3.05) is 48.5 Å². The zero-order valence-electron chi connectivity index (χ0n) is 22.8. The lowest BCUT2D eigenvalue weighted by Crippen LogP contribution is -2.19. The number of sulfonamides is 1. The molecule has 0 unspecified atom stereocenters. The molecule has 2 aromatic rings. The summed E-state index contributed by atoms with van der Waals surface area (Å²) in [5, 5.41) is -0.201. The number of benzene rings is 2.